The summed E-state index contributed by atoms with van der Waals surface area (Å²) in [4.78, 5) is 12.3. The second-order valence-corrected chi connectivity index (χ2v) is 5.59. The van der Waals surface area contributed by atoms with Crippen LogP contribution >= 0.6 is 12.4 Å². The van der Waals surface area contributed by atoms with E-state index in [0.717, 1.165) is 11.3 Å². The number of rotatable bonds is 4. The average Bonchev–Trinajstić information content (AvgIpc) is 3.18. The van der Waals surface area contributed by atoms with Crippen LogP contribution in [0.15, 0.2) is 42.7 Å². The molecule has 3 unspecified atom stereocenters. The second kappa shape index (κ2) is 7.59. The first kappa shape index (κ1) is 17.5. The van der Waals surface area contributed by atoms with Crippen LogP contribution in [0.2, 0.25) is 0 Å². The summed E-state index contributed by atoms with van der Waals surface area (Å²) in [5, 5.41) is 19.8. The third-order valence-corrected chi connectivity index (χ3v) is 3.94. The maximum atomic E-state index is 12.3. The number of hydrogen-bond donors (Lipinski definition) is 3. The van der Waals surface area contributed by atoms with Crippen molar-refractivity contribution in [3.8, 4) is 5.69 Å². The summed E-state index contributed by atoms with van der Waals surface area (Å²) in [5.74, 6) is -0.0840. The summed E-state index contributed by atoms with van der Waals surface area (Å²) in [6.45, 7) is 2.42. The summed E-state index contributed by atoms with van der Waals surface area (Å²) in [7, 11) is 0. The Bertz CT molecular complexity index is 647. The van der Waals surface area contributed by atoms with Crippen LogP contribution in [-0.2, 0) is 4.79 Å². The zero-order chi connectivity index (χ0) is 15.5. The number of nitrogens with zero attached hydrogens (tertiary/aromatic N) is 2. The fourth-order valence-electron chi connectivity index (χ4n) is 2.78. The van der Waals surface area contributed by atoms with Crippen molar-refractivity contribution in [2.75, 3.05) is 6.54 Å². The van der Waals surface area contributed by atoms with Gasteiger partial charge in [0.25, 0.3) is 0 Å². The predicted molar refractivity (Wildman–Crippen MR) is 89.8 cm³/mol. The fourth-order valence-corrected chi connectivity index (χ4v) is 2.78. The van der Waals surface area contributed by atoms with E-state index < -0.39 is 6.10 Å². The van der Waals surface area contributed by atoms with Gasteiger partial charge < -0.3 is 15.7 Å². The Balaban J connectivity index is 0.00000192. The van der Waals surface area contributed by atoms with E-state index in [1.165, 1.54) is 0 Å². The number of hydrogen-bond acceptors (Lipinski definition) is 4. The van der Waals surface area contributed by atoms with E-state index in [2.05, 4.69) is 15.7 Å². The highest BCUT2D eigenvalue weighted by molar-refractivity contribution is 5.85. The molecular formula is C16H21ClN4O2. The number of β-amino-alcohol motifs (C(OH)–C–C–N with tert-alkyl or cyclic N) is 1. The van der Waals surface area contributed by atoms with Crippen LogP contribution in [-0.4, -0.2) is 39.5 Å². The van der Waals surface area contributed by atoms with Crippen LogP contribution in [0.25, 0.3) is 5.69 Å². The molecule has 0 aliphatic carbocycles. The molecule has 2 aromatic rings. The second-order valence-electron chi connectivity index (χ2n) is 5.59. The van der Waals surface area contributed by atoms with E-state index in [1.807, 2.05) is 43.5 Å². The third-order valence-electron chi connectivity index (χ3n) is 3.94. The van der Waals surface area contributed by atoms with Crippen LogP contribution in [0.5, 0.6) is 0 Å². The van der Waals surface area contributed by atoms with E-state index in [1.54, 1.807) is 10.9 Å². The molecule has 3 atom stereocenters. The molecule has 6 nitrogen and oxygen atoms in total. The van der Waals surface area contributed by atoms with Gasteiger partial charge in [-0.1, -0.05) is 18.2 Å². The number of para-hydroxylation sites is 1. The van der Waals surface area contributed by atoms with E-state index in [4.69, 9.17) is 0 Å². The lowest BCUT2D eigenvalue weighted by Gasteiger charge is -2.20. The largest absolute Gasteiger partial charge is 0.392 e. The van der Waals surface area contributed by atoms with Gasteiger partial charge in [0.2, 0.25) is 5.91 Å². The summed E-state index contributed by atoms with van der Waals surface area (Å²) in [6.07, 6.45) is 3.62. The molecule has 1 fully saturated rings. The highest BCUT2D eigenvalue weighted by Gasteiger charge is 2.29. The molecule has 0 radical (unpaired) electrons. The molecule has 0 spiro atoms. The van der Waals surface area contributed by atoms with Gasteiger partial charge in [-0.05, 0) is 31.0 Å². The topological polar surface area (TPSA) is 79.2 Å². The fraction of sp³-hybridized carbons (Fsp3) is 0.375. The van der Waals surface area contributed by atoms with E-state index >= 15 is 0 Å². The molecule has 1 aromatic heterocycles. The molecule has 1 saturated heterocycles. The molecule has 1 amide bonds. The Morgan fingerprint density at radius 1 is 1.43 bits per heavy atom. The van der Waals surface area contributed by atoms with Gasteiger partial charge in [-0.25, -0.2) is 4.68 Å². The number of amides is 1. The number of nitrogens with one attached hydrogen (secondary N) is 2. The first-order valence-corrected chi connectivity index (χ1v) is 7.46. The van der Waals surface area contributed by atoms with Crippen molar-refractivity contribution in [3.05, 3.63) is 48.3 Å². The third kappa shape index (κ3) is 3.90. The van der Waals surface area contributed by atoms with Crippen molar-refractivity contribution < 1.29 is 9.90 Å². The van der Waals surface area contributed by atoms with E-state index in [-0.39, 0.29) is 30.4 Å². The lowest BCUT2D eigenvalue weighted by atomic mass is 10.1. The Morgan fingerprint density at radius 2 is 2.22 bits per heavy atom. The van der Waals surface area contributed by atoms with Gasteiger partial charge in [-0.3, -0.25) is 4.79 Å². The predicted octanol–water partition coefficient (Wildman–Crippen LogP) is 1.19. The van der Waals surface area contributed by atoms with Gasteiger partial charge in [0.05, 0.1) is 23.9 Å². The maximum Gasteiger partial charge on any atom is 0.237 e. The van der Waals surface area contributed by atoms with Crippen molar-refractivity contribution in [2.45, 2.75) is 31.5 Å². The number of carbonyl (C=O) groups is 1. The average molecular weight is 337 g/mol. The van der Waals surface area contributed by atoms with Crippen molar-refractivity contribution in [1.82, 2.24) is 20.4 Å². The van der Waals surface area contributed by atoms with Crippen LogP contribution in [0.3, 0.4) is 0 Å². The van der Waals surface area contributed by atoms with Crippen LogP contribution in [0.1, 0.15) is 24.9 Å². The SMILES string of the molecule is CC(NC(=O)C1CC(O)CN1)c1ccccc1-n1cccn1.Cl. The van der Waals surface area contributed by atoms with Crippen molar-refractivity contribution in [2.24, 2.45) is 0 Å². The molecule has 23 heavy (non-hydrogen) atoms. The molecule has 7 heteroatoms. The van der Waals surface area contributed by atoms with E-state index in [9.17, 15) is 9.90 Å². The van der Waals surface area contributed by atoms with Crippen molar-refractivity contribution in [3.63, 3.8) is 0 Å². The quantitative estimate of drug-likeness (QED) is 0.783. The highest BCUT2D eigenvalue weighted by Crippen LogP contribution is 2.21. The van der Waals surface area contributed by atoms with Gasteiger partial charge in [-0.15, -0.1) is 12.4 Å². The van der Waals surface area contributed by atoms with Crippen LogP contribution < -0.4 is 10.6 Å². The minimum absolute atomic E-state index is 0. The number of aliphatic hydroxyl groups is 1. The Kier molecular flexibility index (Phi) is 5.76. The lowest BCUT2D eigenvalue weighted by Crippen LogP contribution is -2.41. The molecule has 0 bridgehead atoms. The van der Waals surface area contributed by atoms with Crippen molar-refractivity contribution in [1.29, 1.82) is 0 Å². The monoisotopic (exact) mass is 336 g/mol. The summed E-state index contributed by atoms with van der Waals surface area (Å²) < 4.78 is 1.79. The van der Waals surface area contributed by atoms with Gasteiger partial charge in [0, 0.05) is 18.9 Å². The van der Waals surface area contributed by atoms with Gasteiger partial charge in [0.15, 0.2) is 0 Å². The number of carbonyl (C=O) groups excluding carboxylic acids is 1. The standard InChI is InChI=1S/C16H20N4O2.ClH/c1-11(19-16(22)14-9-12(21)10-17-14)13-5-2-3-6-15(13)20-8-4-7-18-20;/h2-8,11-12,14,17,21H,9-10H2,1H3,(H,19,22);1H. The number of aromatic nitrogens is 2. The Morgan fingerprint density at radius 3 is 2.87 bits per heavy atom. The zero-order valence-electron chi connectivity index (χ0n) is 12.8. The zero-order valence-corrected chi connectivity index (χ0v) is 13.7. The smallest absolute Gasteiger partial charge is 0.237 e. The first-order chi connectivity index (χ1) is 10.6. The molecule has 124 valence electrons. The Hall–Kier alpha value is -1.89. The minimum atomic E-state index is -0.442. The number of benzene rings is 1. The van der Waals surface area contributed by atoms with Crippen LogP contribution in [0.4, 0.5) is 0 Å². The highest BCUT2D eigenvalue weighted by atomic mass is 35.5. The number of aliphatic hydroxyl groups excluding tert-OH is 1. The summed E-state index contributed by atoms with van der Waals surface area (Å²) in [5.41, 5.74) is 1.94. The lowest BCUT2D eigenvalue weighted by molar-refractivity contribution is -0.123. The number of halogens is 1. The molecule has 1 aliphatic rings. The minimum Gasteiger partial charge on any atom is -0.392 e. The molecular weight excluding hydrogens is 316 g/mol. The van der Waals surface area contributed by atoms with Gasteiger partial charge in [-0.2, -0.15) is 5.10 Å². The Labute approximate surface area is 141 Å². The molecule has 0 saturated carbocycles. The molecule has 2 heterocycles. The molecule has 1 aromatic carbocycles. The summed E-state index contributed by atoms with van der Waals surface area (Å²) >= 11 is 0. The normalized spacial score (nSPS) is 21.5. The maximum absolute atomic E-state index is 12.3. The molecule has 3 N–H and O–H groups in total. The van der Waals surface area contributed by atoms with Crippen molar-refractivity contribution >= 4 is 18.3 Å². The van der Waals surface area contributed by atoms with Gasteiger partial charge >= 0.3 is 0 Å². The summed E-state index contributed by atoms with van der Waals surface area (Å²) in [6, 6.07) is 9.25. The first-order valence-electron chi connectivity index (χ1n) is 7.46. The molecule has 1 aliphatic heterocycles. The molecule has 3 rings (SSSR count). The van der Waals surface area contributed by atoms with Gasteiger partial charge in [0.1, 0.15) is 0 Å². The van der Waals surface area contributed by atoms with E-state index in [0.29, 0.717) is 13.0 Å². The van der Waals surface area contributed by atoms with Crippen LogP contribution in [0, 0.1) is 0 Å².